The Balaban J connectivity index is 0.975. The van der Waals surface area contributed by atoms with Crippen LogP contribution in [0.15, 0.2) is 324 Å². The van der Waals surface area contributed by atoms with Gasteiger partial charge in [-0.2, -0.15) is 0 Å². The summed E-state index contributed by atoms with van der Waals surface area (Å²) in [5, 5.41) is 13.6. The zero-order valence-corrected chi connectivity index (χ0v) is 46.7. The van der Waals surface area contributed by atoms with Crippen molar-refractivity contribution in [1.82, 2.24) is 0 Å². The fourth-order valence-corrected chi connectivity index (χ4v) is 13.5. The third-order valence-corrected chi connectivity index (χ3v) is 17.4. The van der Waals surface area contributed by atoms with E-state index in [1.165, 1.54) is 32.7 Å². The van der Waals surface area contributed by atoms with Crippen LogP contribution < -0.4 is 9.80 Å². The molecule has 17 rings (SSSR count). The summed E-state index contributed by atoms with van der Waals surface area (Å²) in [6.45, 7) is 0. The van der Waals surface area contributed by atoms with E-state index >= 15 is 0 Å². The van der Waals surface area contributed by atoms with Gasteiger partial charge in [-0.25, -0.2) is 0 Å². The van der Waals surface area contributed by atoms with Crippen LogP contribution >= 0.6 is 0 Å². The van der Waals surface area contributed by atoms with E-state index in [1.54, 1.807) is 0 Å². The molecule has 0 aliphatic carbocycles. The highest BCUT2D eigenvalue weighted by molar-refractivity contribution is 6.27. The zero-order chi connectivity index (χ0) is 56.7. The molecule has 2 heterocycles. The molecular formula is C82H52N2O2. The third kappa shape index (κ3) is 8.07. The maximum atomic E-state index is 6.91. The Labute approximate surface area is 496 Å². The number of nitrogens with zero attached hydrogens (tertiary/aromatic N) is 2. The number of furan rings is 2. The van der Waals surface area contributed by atoms with Crippen LogP contribution in [0.1, 0.15) is 0 Å². The summed E-state index contributed by atoms with van der Waals surface area (Å²) >= 11 is 0. The Morgan fingerprint density at radius 1 is 0.209 bits per heavy atom. The molecule has 0 fully saturated rings. The molecule has 17 aromatic rings. The van der Waals surface area contributed by atoms with Crippen molar-refractivity contribution in [1.29, 1.82) is 0 Å². The maximum absolute atomic E-state index is 6.91. The van der Waals surface area contributed by atoms with Crippen LogP contribution in [0.4, 0.5) is 34.1 Å². The summed E-state index contributed by atoms with van der Waals surface area (Å²) in [5.74, 6) is 0. The first-order valence-corrected chi connectivity index (χ1v) is 29.4. The van der Waals surface area contributed by atoms with Crippen molar-refractivity contribution in [2.75, 3.05) is 9.80 Å². The number of benzene rings is 15. The van der Waals surface area contributed by atoms with E-state index in [9.17, 15) is 0 Å². The van der Waals surface area contributed by atoms with Gasteiger partial charge in [0.25, 0.3) is 0 Å². The second-order valence-corrected chi connectivity index (χ2v) is 22.3. The Kier molecular flexibility index (Phi) is 11.5. The van der Waals surface area contributed by atoms with Gasteiger partial charge in [0.1, 0.15) is 11.2 Å². The van der Waals surface area contributed by atoms with E-state index in [2.05, 4.69) is 313 Å². The van der Waals surface area contributed by atoms with E-state index in [4.69, 9.17) is 8.83 Å². The van der Waals surface area contributed by atoms with Crippen LogP contribution in [0.2, 0.25) is 0 Å². The quantitative estimate of drug-likeness (QED) is 0.128. The molecule has 15 aromatic carbocycles. The molecule has 0 saturated heterocycles. The molecule has 0 amide bonds. The average molecular weight is 1100 g/mol. The van der Waals surface area contributed by atoms with Crippen LogP contribution in [-0.2, 0) is 0 Å². The van der Waals surface area contributed by atoms with Gasteiger partial charge in [0.2, 0.25) is 0 Å². The van der Waals surface area contributed by atoms with E-state index < -0.39 is 0 Å². The molecule has 0 N–H and O–H groups in total. The number of hydrogen-bond donors (Lipinski definition) is 0. The van der Waals surface area contributed by atoms with Crippen molar-refractivity contribution in [3.63, 3.8) is 0 Å². The Morgan fingerprint density at radius 3 is 0.988 bits per heavy atom. The zero-order valence-electron chi connectivity index (χ0n) is 46.7. The number of para-hydroxylation sites is 4. The van der Waals surface area contributed by atoms with Crippen molar-refractivity contribution in [3.8, 4) is 44.5 Å². The lowest BCUT2D eigenvalue weighted by Crippen LogP contribution is -2.11. The molecule has 0 aliphatic rings. The molecule has 0 atom stereocenters. The molecule has 86 heavy (non-hydrogen) atoms. The smallest absolute Gasteiger partial charge is 0.159 e. The number of fused-ring (bicyclic) bond motifs is 10. The normalized spacial score (nSPS) is 11.7. The summed E-state index contributed by atoms with van der Waals surface area (Å²) in [4.78, 5) is 4.77. The summed E-state index contributed by atoms with van der Waals surface area (Å²) < 4.78 is 13.8. The molecule has 0 unspecified atom stereocenters. The monoisotopic (exact) mass is 1100 g/mol. The SMILES string of the molecule is c1ccc(-c2ccc(N(c3ccc4c(-c5cccc6ccccc56)c5cc(N(c6ccc(-c7ccccc7)cc6)c6cccc7c6oc6ccccc67)ccc5c(-c5cccc6ccccc56)c4c3)c3cccc4c3oc3ccccc34)cc2)cc1. The highest BCUT2D eigenvalue weighted by Gasteiger charge is 2.26. The van der Waals surface area contributed by atoms with Gasteiger partial charge in [-0.3, -0.25) is 0 Å². The molecule has 4 nitrogen and oxygen atoms in total. The lowest BCUT2D eigenvalue weighted by atomic mass is 9.83. The summed E-state index contributed by atoms with van der Waals surface area (Å²) in [5.41, 5.74) is 18.6. The van der Waals surface area contributed by atoms with Gasteiger partial charge < -0.3 is 18.6 Å². The maximum Gasteiger partial charge on any atom is 0.159 e. The van der Waals surface area contributed by atoms with Gasteiger partial charge in [-0.05, 0) is 160 Å². The molecule has 2 aromatic heterocycles. The molecule has 0 bridgehead atoms. The topological polar surface area (TPSA) is 32.8 Å². The second kappa shape index (κ2) is 20.2. The lowest BCUT2D eigenvalue weighted by Gasteiger charge is -2.28. The predicted molar refractivity (Wildman–Crippen MR) is 362 cm³/mol. The molecule has 0 saturated carbocycles. The van der Waals surface area contributed by atoms with Crippen LogP contribution in [0, 0.1) is 0 Å². The van der Waals surface area contributed by atoms with Crippen LogP contribution in [0.5, 0.6) is 0 Å². The van der Waals surface area contributed by atoms with E-state index in [1.807, 2.05) is 12.1 Å². The highest BCUT2D eigenvalue weighted by atomic mass is 16.3. The summed E-state index contributed by atoms with van der Waals surface area (Å²) in [6, 6.07) is 114. The third-order valence-electron chi connectivity index (χ3n) is 17.4. The minimum Gasteiger partial charge on any atom is -0.454 e. The van der Waals surface area contributed by atoms with Crippen LogP contribution in [0.25, 0.3) is 131 Å². The lowest BCUT2D eigenvalue weighted by molar-refractivity contribution is 0.668. The highest BCUT2D eigenvalue weighted by Crippen LogP contribution is 2.52. The second-order valence-electron chi connectivity index (χ2n) is 22.3. The standard InChI is InChI=1S/C82H52N2O2/c1-3-19-53(20-4-1)55-39-43-59(44-40-55)83(75-35-17-33-71-65-29-11-13-37-77(65)85-81(71)75)61-47-49-69-73(51-61)79(67-31-15-25-57-23-7-9-27-63(57)67)70-50-48-62(52-74(70)80(69)68-32-16-26-58-24-8-10-28-64(58)68)84(60-45-41-56(42-46-60)54-21-5-2-6-22-54)76-36-18-34-72-66-30-12-14-38-78(66)86-82(72)76/h1-52H. The van der Waals surface area contributed by atoms with Gasteiger partial charge >= 0.3 is 0 Å². The minimum atomic E-state index is 0.829. The van der Waals surface area contributed by atoms with E-state index in [-0.39, 0.29) is 0 Å². The summed E-state index contributed by atoms with van der Waals surface area (Å²) in [6.07, 6.45) is 0. The molecule has 4 heteroatoms. The van der Waals surface area contributed by atoms with Crippen molar-refractivity contribution in [3.05, 3.63) is 315 Å². The summed E-state index contributed by atoms with van der Waals surface area (Å²) in [7, 11) is 0. The Bertz CT molecular complexity index is 5120. The first kappa shape index (κ1) is 49.2. The molecule has 0 radical (unpaired) electrons. The van der Waals surface area contributed by atoms with Crippen LogP contribution in [0.3, 0.4) is 0 Å². The van der Waals surface area contributed by atoms with Crippen molar-refractivity contribution in [2.45, 2.75) is 0 Å². The van der Waals surface area contributed by atoms with Gasteiger partial charge in [-0.1, -0.05) is 243 Å². The molecular weight excluding hydrogens is 1040 g/mol. The predicted octanol–water partition coefficient (Wildman–Crippen LogP) is 23.7. The van der Waals surface area contributed by atoms with Gasteiger partial charge in [0.05, 0.1) is 11.4 Å². The Hall–Kier alpha value is -11.5. The molecule has 0 spiro atoms. The van der Waals surface area contributed by atoms with Gasteiger partial charge in [0.15, 0.2) is 11.2 Å². The van der Waals surface area contributed by atoms with Crippen molar-refractivity contribution in [2.24, 2.45) is 0 Å². The first-order valence-electron chi connectivity index (χ1n) is 29.4. The van der Waals surface area contributed by atoms with Gasteiger partial charge in [0, 0.05) is 44.3 Å². The number of anilines is 6. The first-order chi connectivity index (χ1) is 42.7. The van der Waals surface area contributed by atoms with Crippen molar-refractivity contribution >= 4 is 121 Å². The van der Waals surface area contributed by atoms with E-state index in [0.29, 0.717) is 0 Å². The van der Waals surface area contributed by atoms with Crippen LogP contribution in [-0.4, -0.2) is 0 Å². The average Bonchev–Trinajstić information content (AvgIpc) is 1.95. The number of hydrogen-bond acceptors (Lipinski definition) is 4. The largest absolute Gasteiger partial charge is 0.454 e. The van der Waals surface area contributed by atoms with Gasteiger partial charge in [-0.15, -0.1) is 0 Å². The molecule has 402 valence electrons. The van der Waals surface area contributed by atoms with E-state index in [0.717, 1.165) is 133 Å². The number of rotatable bonds is 10. The fraction of sp³-hybridized carbons (Fsp3) is 0. The fourth-order valence-electron chi connectivity index (χ4n) is 13.5. The minimum absolute atomic E-state index is 0.829. The molecule has 0 aliphatic heterocycles. The Morgan fingerprint density at radius 2 is 0.547 bits per heavy atom. The van der Waals surface area contributed by atoms with Crippen molar-refractivity contribution < 1.29 is 8.83 Å².